The molecule has 0 aliphatic rings. The standard InChI is InChI=1S/C11H15Br2NO/c1-7(15)6-14-8(2)10-4-3-9(12)5-11(10)13/h3-5,7-8,14-15H,6H2,1-2H3/t7-,8?/m1/s1. The summed E-state index contributed by atoms with van der Waals surface area (Å²) in [6.45, 7) is 4.45. The van der Waals surface area contributed by atoms with Crippen molar-refractivity contribution >= 4 is 31.9 Å². The molecule has 0 aliphatic carbocycles. The molecule has 0 radical (unpaired) electrons. The predicted molar refractivity (Wildman–Crippen MR) is 69.9 cm³/mol. The fraction of sp³-hybridized carbons (Fsp3) is 0.455. The van der Waals surface area contributed by atoms with Crippen molar-refractivity contribution in [1.82, 2.24) is 5.32 Å². The maximum absolute atomic E-state index is 9.18. The lowest BCUT2D eigenvalue weighted by molar-refractivity contribution is 0.187. The maximum Gasteiger partial charge on any atom is 0.0636 e. The molecule has 0 aliphatic heterocycles. The Kier molecular flexibility index (Phi) is 5.26. The van der Waals surface area contributed by atoms with Gasteiger partial charge in [-0.3, -0.25) is 0 Å². The Bertz CT molecular complexity index is 328. The molecule has 2 nitrogen and oxygen atoms in total. The number of hydrogen-bond donors (Lipinski definition) is 2. The highest BCUT2D eigenvalue weighted by molar-refractivity contribution is 9.11. The predicted octanol–water partition coefficient (Wildman–Crippen LogP) is 3.24. The van der Waals surface area contributed by atoms with Crippen LogP contribution in [0.15, 0.2) is 27.1 Å². The summed E-state index contributed by atoms with van der Waals surface area (Å²) in [5.74, 6) is 0. The molecule has 15 heavy (non-hydrogen) atoms. The zero-order valence-electron chi connectivity index (χ0n) is 8.80. The summed E-state index contributed by atoms with van der Waals surface area (Å²) in [4.78, 5) is 0. The molecule has 0 bridgehead atoms. The van der Waals surface area contributed by atoms with E-state index in [0.29, 0.717) is 6.54 Å². The monoisotopic (exact) mass is 335 g/mol. The molecule has 0 amide bonds. The third kappa shape index (κ3) is 4.23. The van der Waals surface area contributed by atoms with Crippen LogP contribution in [0.1, 0.15) is 25.5 Å². The van der Waals surface area contributed by atoms with Crippen molar-refractivity contribution in [2.24, 2.45) is 0 Å². The third-order valence-electron chi connectivity index (χ3n) is 2.15. The van der Waals surface area contributed by atoms with Crippen LogP contribution in [0.3, 0.4) is 0 Å². The second-order valence-corrected chi connectivity index (χ2v) is 5.41. The van der Waals surface area contributed by atoms with Gasteiger partial charge in [-0.25, -0.2) is 0 Å². The molecule has 1 aromatic carbocycles. The number of benzene rings is 1. The fourth-order valence-corrected chi connectivity index (χ4v) is 2.70. The van der Waals surface area contributed by atoms with Gasteiger partial charge in [0.15, 0.2) is 0 Å². The first-order chi connectivity index (χ1) is 7.00. The zero-order valence-corrected chi connectivity index (χ0v) is 12.0. The van der Waals surface area contributed by atoms with Crippen LogP contribution in [0.4, 0.5) is 0 Å². The van der Waals surface area contributed by atoms with Crippen LogP contribution in [0, 0.1) is 0 Å². The van der Waals surface area contributed by atoms with Crippen molar-refractivity contribution in [3.05, 3.63) is 32.7 Å². The van der Waals surface area contributed by atoms with Gasteiger partial charge < -0.3 is 10.4 Å². The second kappa shape index (κ2) is 5.99. The van der Waals surface area contributed by atoms with Crippen LogP contribution < -0.4 is 5.32 Å². The fourth-order valence-electron chi connectivity index (χ4n) is 1.31. The van der Waals surface area contributed by atoms with E-state index in [-0.39, 0.29) is 12.1 Å². The van der Waals surface area contributed by atoms with Crippen molar-refractivity contribution in [3.63, 3.8) is 0 Å². The SMILES string of the molecule is CC(NC[C@@H](C)O)c1ccc(Br)cc1Br. The average Bonchev–Trinajstić information content (AvgIpc) is 2.14. The Morgan fingerprint density at radius 1 is 1.33 bits per heavy atom. The summed E-state index contributed by atoms with van der Waals surface area (Å²) in [6, 6.07) is 6.33. The molecule has 2 N–H and O–H groups in total. The quantitative estimate of drug-likeness (QED) is 0.884. The lowest BCUT2D eigenvalue weighted by Gasteiger charge is -2.17. The Morgan fingerprint density at radius 2 is 2.00 bits per heavy atom. The number of hydrogen-bond acceptors (Lipinski definition) is 2. The van der Waals surface area contributed by atoms with E-state index in [2.05, 4.69) is 50.2 Å². The van der Waals surface area contributed by atoms with Gasteiger partial charge in [0.1, 0.15) is 0 Å². The van der Waals surface area contributed by atoms with E-state index in [9.17, 15) is 5.11 Å². The molecule has 0 saturated carbocycles. The smallest absolute Gasteiger partial charge is 0.0636 e. The van der Waals surface area contributed by atoms with Gasteiger partial charge in [-0.05, 0) is 31.5 Å². The Labute approximate surface area is 107 Å². The summed E-state index contributed by atoms with van der Waals surface area (Å²) < 4.78 is 2.13. The van der Waals surface area contributed by atoms with E-state index in [1.165, 1.54) is 5.56 Å². The van der Waals surface area contributed by atoms with Gasteiger partial charge in [0, 0.05) is 21.5 Å². The zero-order chi connectivity index (χ0) is 11.4. The minimum absolute atomic E-state index is 0.224. The average molecular weight is 337 g/mol. The van der Waals surface area contributed by atoms with Crippen molar-refractivity contribution in [2.75, 3.05) is 6.54 Å². The van der Waals surface area contributed by atoms with Gasteiger partial charge in [0.2, 0.25) is 0 Å². The molecule has 1 rings (SSSR count). The van der Waals surface area contributed by atoms with Gasteiger partial charge in [-0.1, -0.05) is 37.9 Å². The van der Waals surface area contributed by atoms with Crippen molar-refractivity contribution in [2.45, 2.75) is 26.0 Å². The maximum atomic E-state index is 9.18. The summed E-state index contributed by atoms with van der Waals surface area (Å²) in [6.07, 6.45) is -0.318. The molecule has 84 valence electrons. The number of aliphatic hydroxyl groups is 1. The molecule has 0 saturated heterocycles. The van der Waals surface area contributed by atoms with Gasteiger partial charge in [0.05, 0.1) is 6.10 Å². The van der Waals surface area contributed by atoms with Crippen LogP contribution in [0.5, 0.6) is 0 Å². The Hall–Kier alpha value is 0.1000. The van der Waals surface area contributed by atoms with Crippen molar-refractivity contribution in [1.29, 1.82) is 0 Å². The highest BCUT2D eigenvalue weighted by atomic mass is 79.9. The van der Waals surface area contributed by atoms with E-state index in [1.807, 2.05) is 12.1 Å². The van der Waals surface area contributed by atoms with E-state index in [4.69, 9.17) is 0 Å². The lowest BCUT2D eigenvalue weighted by Crippen LogP contribution is -2.27. The van der Waals surface area contributed by atoms with E-state index >= 15 is 0 Å². The van der Waals surface area contributed by atoms with Crippen LogP contribution in [-0.2, 0) is 0 Å². The molecule has 0 aromatic heterocycles. The van der Waals surface area contributed by atoms with Gasteiger partial charge in [0.25, 0.3) is 0 Å². The summed E-state index contributed by atoms with van der Waals surface area (Å²) in [5.41, 5.74) is 1.19. The van der Waals surface area contributed by atoms with E-state index in [1.54, 1.807) is 6.92 Å². The van der Waals surface area contributed by atoms with Crippen LogP contribution in [0.25, 0.3) is 0 Å². The highest BCUT2D eigenvalue weighted by Crippen LogP contribution is 2.26. The number of rotatable bonds is 4. The normalized spacial score (nSPS) is 15.0. The Balaban J connectivity index is 2.69. The van der Waals surface area contributed by atoms with E-state index < -0.39 is 0 Å². The minimum atomic E-state index is -0.318. The molecular weight excluding hydrogens is 322 g/mol. The molecule has 0 heterocycles. The van der Waals surface area contributed by atoms with Crippen LogP contribution in [-0.4, -0.2) is 17.8 Å². The lowest BCUT2D eigenvalue weighted by atomic mass is 10.1. The van der Waals surface area contributed by atoms with Crippen LogP contribution in [0.2, 0.25) is 0 Å². The van der Waals surface area contributed by atoms with Crippen molar-refractivity contribution < 1.29 is 5.11 Å². The number of aliphatic hydroxyl groups excluding tert-OH is 1. The summed E-state index contributed by atoms with van der Waals surface area (Å²) in [5, 5.41) is 12.4. The minimum Gasteiger partial charge on any atom is -0.392 e. The summed E-state index contributed by atoms with van der Waals surface area (Å²) >= 11 is 6.94. The second-order valence-electron chi connectivity index (χ2n) is 3.64. The number of halogens is 2. The first-order valence-electron chi connectivity index (χ1n) is 4.87. The number of nitrogens with one attached hydrogen (secondary N) is 1. The molecule has 0 spiro atoms. The largest absolute Gasteiger partial charge is 0.392 e. The third-order valence-corrected chi connectivity index (χ3v) is 3.33. The van der Waals surface area contributed by atoms with Crippen molar-refractivity contribution in [3.8, 4) is 0 Å². The highest BCUT2D eigenvalue weighted by Gasteiger charge is 2.09. The summed E-state index contributed by atoms with van der Waals surface area (Å²) in [7, 11) is 0. The molecule has 1 unspecified atom stereocenters. The van der Waals surface area contributed by atoms with Gasteiger partial charge in [-0.2, -0.15) is 0 Å². The molecule has 1 aromatic rings. The Morgan fingerprint density at radius 3 is 2.53 bits per heavy atom. The molecular formula is C11H15Br2NO. The molecule has 0 fully saturated rings. The van der Waals surface area contributed by atoms with Gasteiger partial charge in [-0.15, -0.1) is 0 Å². The molecule has 4 heteroatoms. The van der Waals surface area contributed by atoms with Crippen LogP contribution >= 0.6 is 31.9 Å². The first-order valence-corrected chi connectivity index (χ1v) is 6.45. The van der Waals surface area contributed by atoms with E-state index in [0.717, 1.165) is 8.95 Å². The first kappa shape index (κ1) is 13.2. The molecule has 2 atom stereocenters. The topological polar surface area (TPSA) is 32.3 Å². The van der Waals surface area contributed by atoms with Gasteiger partial charge >= 0.3 is 0 Å².